The van der Waals surface area contributed by atoms with E-state index in [1.807, 2.05) is 12.1 Å². The van der Waals surface area contributed by atoms with E-state index in [1.54, 1.807) is 18.3 Å². The third-order valence-corrected chi connectivity index (χ3v) is 5.35. The third kappa shape index (κ3) is 3.77. The van der Waals surface area contributed by atoms with Gasteiger partial charge in [-0.2, -0.15) is 0 Å². The van der Waals surface area contributed by atoms with Crippen molar-refractivity contribution in [3.63, 3.8) is 0 Å². The summed E-state index contributed by atoms with van der Waals surface area (Å²) < 4.78 is 27.5. The van der Waals surface area contributed by atoms with Gasteiger partial charge in [-0.3, -0.25) is 4.72 Å². The zero-order chi connectivity index (χ0) is 13.9. The maximum atomic E-state index is 12.1. The Hall–Kier alpha value is -0.920. The monoisotopic (exact) mass is 360 g/mol. The first kappa shape index (κ1) is 14.5. The lowest BCUT2D eigenvalue weighted by atomic mass is 10.1. The Morgan fingerprint density at radius 3 is 2.53 bits per heavy atom. The van der Waals surface area contributed by atoms with Crippen LogP contribution in [0, 0.1) is 0 Å². The molecule has 0 saturated carbocycles. The zero-order valence-corrected chi connectivity index (χ0v) is 13.5. The highest BCUT2D eigenvalue weighted by Crippen LogP contribution is 2.25. The fourth-order valence-corrected chi connectivity index (χ4v) is 3.95. The minimum atomic E-state index is -3.55. The van der Waals surface area contributed by atoms with Crippen molar-refractivity contribution >= 4 is 42.4 Å². The third-order valence-electron chi connectivity index (χ3n) is 2.47. The van der Waals surface area contributed by atoms with E-state index in [2.05, 4.69) is 32.6 Å². The first-order valence-electron chi connectivity index (χ1n) is 5.74. The van der Waals surface area contributed by atoms with Gasteiger partial charge in [-0.25, -0.2) is 13.4 Å². The van der Waals surface area contributed by atoms with E-state index in [-0.39, 0.29) is 4.90 Å². The molecule has 0 aliphatic rings. The van der Waals surface area contributed by atoms with Crippen LogP contribution < -0.4 is 4.72 Å². The number of nitrogens with zero attached hydrogens (tertiary/aromatic N) is 1. The summed E-state index contributed by atoms with van der Waals surface area (Å²) in [5, 5.41) is 0.351. The molecule has 0 spiro atoms. The number of benzene rings is 1. The van der Waals surface area contributed by atoms with Gasteiger partial charge in [0.15, 0.2) is 5.13 Å². The minimum Gasteiger partial charge on any atom is -0.255 e. The summed E-state index contributed by atoms with van der Waals surface area (Å²) in [5.74, 6) is 0. The number of anilines is 1. The lowest BCUT2D eigenvalue weighted by Gasteiger charge is -2.06. The predicted octanol–water partition coefficient (Wildman–Crippen LogP) is 3.66. The number of sulfonamides is 1. The molecule has 2 aromatic rings. The molecular formula is C12H13BrN2O2S2. The first-order chi connectivity index (χ1) is 9.01. The van der Waals surface area contributed by atoms with Crippen LogP contribution in [-0.2, 0) is 16.4 Å². The van der Waals surface area contributed by atoms with Crippen molar-refractivity contribution in [1.29, 1.82) is 0 Å². The van der Waals surface area contributed by atoms with Crippen molar-refractivity contribution in [3.05, 3.63) is 39.8 Å². The molecule has 7 heteroatoms. The molecule has 19 heavy (non-hydrogen) atoms. The first-order valence-corrected chi connectivity index (χ1v) is 8.83. The summed E-state index contributed by atoms with van der Waals surface area (Å²) in [6, 6.07) is 6.93. The molecule has 102 valence electrons. The van der Waals surface area contributed by atoms with Crippen molar-refractivity contribution in [2.45, 2.75) is 24.7 Å². The van der Waals surface area contributed by atoms with E-state index in [1.165, 1.54) is 11.3 Å². The molecule has 1 N–H and O–H groups in total. The molecule has 0 bridgehead atoms. The SMILES string of the molecule is CCCc1ccc(S(=O)(=O)Nc2ncc(Br)s2)cc1. The van der Waals surface area contributed by atoms with Gasteiger partial charge in [-0.15, -0.1) is 0 Å². The quantitative estimate of drug-likeness (QED) is 0.884. The molecule has 1 aromatic heterocycles. The lowest BCUT2D eigenvalue weighted by Crippen LogP contribution is -2.12. The Balaban J connectivity index is 2.19. The van der Waals surface area contributed by atoms with Gasteiger partial charge in [0.2, 0.25) is 0 Å². The molecule has 0 radical (unpaired) electrons. The molecule has 1 aromatic carbocycles. The van der Waals surface area contributed by atoms with E-state index in [9.17, 15) is 8.42 Å². The lowest BCUT2D eigenvalue weighted by molar-refractivity contribution is 0.601. The van der Waals surface area contributed by atoms with Crippen LogP contribution in [0.15, 0.2) is 39.1 Å². The van der Waals surface area contributed by atoms with Gasteiger partial charge >= 0.3 is 0 Å². The summed E-state index contributed by atoms with van der Waals surface area (Å²) in [7, 11) is -3.55. The summed E-state index contributed by atoms with van der Waals surface area (Å²) in [6.07, 6.45) is 3.55. The summed E-state index contributed by atoms with van der Waals surface area (Å²) in [4.78, 5) is 4.20. The van der Waals surface area contributed by atoms with E-state index in [0.717, 1.165) is 22.2 Å². The molecule has 0 amide bonds. The standard InChI is InChI=1S/C12H13BrN2O2S2/c1-2-3-9-4-6-10(7-5-9)19(16,17)15-12-14-8-11(13)18-12/h4-8H,2-3H2,1H3,(H,14,15). The van der Waals surface area contributed by atoms with E-state index in [4.69, 9.17) is 0 Å². The molecule has 4 nitrogen and oxygen atoms in total. The van der Waals surface area contributed by atoms with Crippen LogP contribution in [0.3, 0.4) is 0 Å². The van der Waals surface area contributed by atoms with Crippen LogP contribution in [0.2, 0.25) is 0 Å². The van der Waals surface area contributed by atoms with Crippen LogP contribution in [0.1, 0.15) is 18.9 Å². The maximum absolute atomic E-state index is 12.1. The Morgan fingerprint density at radius 2 is 2.00 bits per heavy atom. The number of thiazole rings is 1. The normalized spacial score (nSPS) is 11.5. The largest absolute Gasteiger partial charge is 0.263 e. The number of hydrogen-bond acceptors (Lipinski definition) is 4. The van der Waals surface area contributed by atoms with Crippen LogP contribution in [0.4, 0.5) is 5.13 Å². The van der Waals surface area contributed by atoms with Crippen molar-refractivity contribution in [3.8, 4) is 0 Å². The number of nitrogens with one attached hydrogen (secondary N) is 1. The van der Waals surface area contributed by atoms with Crippen LogP contribution in [-0.4, -0.2) is 13.4 Å². The zero-order valence-electron chi connectivity index (χ0n) is 10.3. The number of rotatable bonds is 5. The Morgan fingerprint density at radius 1 is 1.32 bits per heavy atom. The highest BCUT2D eigenvalue weighted by atomic mass is 79.9. The van der Waals surface area contributed by atoms with Gasteiger partial charge in [-0.05, 0) is 40.0 Å². The van der Waals surface area contributed by atoms with Crippen LogP contribution in [0.5, 0.6) is 0 Å². The minimum absolute atomic E-state index is 0.249. The molecule has 0 fully saturated rings. The van der Waals surface area contributed by atoms with Gasteiger partial charge in [0, 0.05) is 0 Å². The molecule has 0 saturated heterocycles. The molecule has 0 unspecified atom stereocenters. The van der Waals surface area contributed by atoms with Crippen LogP contribution >= 0.6 is 27.3 Å². The second kappa shape index (κ2) is 6.02. The topological polar surface area (TPSA) is 59.1 Å². The molecule has 1 heterocycles. The van der Waals surface area contributed by atoms with E-state index in [0.29, 0.717) is 5.13 Å². The van der Waals surface area contributed by atoms with Gasteiger partial charge in [0.25, 0.3) is 10.0 Å². The van der Waals surface area contributed by atoms with Gasteiger partial charge < -0.3 is 0 Å². The molecule has 2 rings (SSSR count). The highest BCUT2D eigenvalue weighted by molar-refractivity contribution is 9.11. The van der Waals surface area contributed by atoms with Gasteiger partial charge in [0.1, 0.15) is 0 Å². The van der Waals surface area contributed by atoms with E-state index >= 15 is 0 Å². The van der Waals surface area contributed by atoms with Crippen molar-refractivity contribution < 1.29 is 8.42 Å². The number of hydrogen-bond donors (Lipinski definition) is 1. The van der Waals surface area contributed by atoms with Crippen LogP contribution in [0.25, 0.3) is 0 Å². The number of aromatic nitrogens is 1. The summed E-state index contributed by atoms with van der Waals surface area (Å²) in [6.45, 7) is 2.09. The Kier molecular flexibility index (Phi) is 4.59. The highest BCUT2D eigenvalue weighted by Gasteiger charge is 2.15. The Labute approximate surface area is 125 Å². The van der Waals surface area contributed by atoms with Crippen molar-refractivity contribution in [2.75, 3.05) is 4.72 Å². The van der Waals surface area contributed by atoms with Crippen molar-refractivity contribution in [1.82, 2.24) is 4.98 Å². The smallest absolute Gasteiger partial charge is 0.255 e. The molecule has 0 atom stereocenters. The van der Waals surface area contributed by atoms with Gasteiger partial charge in [-0.1, -0.05) is 36.8 Å². The summed E-state index contributed by atoms with van der Waals surface area (Å²) >= 11 is 4.48. The second-order valence-electron chi connectivity index (χ2n) is 3.97. The average Bonchev–Trinajstić information content (AvgIpc) is 2.75. The Bertz CT molecular complexity index is 651. The number of aryl methyl sites for hydroxylation is 1. The fraction of sp³-hybridized carbons (Fsp3) is 0.250. The maximum Gasteiger partial charge on any atom is 0.263 e. The second-order valence-corrected chi connectivity index (χ2v) is 8.06. The number of halogens is 1. The molecule has 0 aliphatic heterocycles. The fourth-order valence-electron chi connectivity index (χ4n) is 1.60. The van der Waals surface area contributed by atoms with Gasteiger partial charge in [0.05, 0.1) is 14.9 Å². The molecule has 0 aliphatic carbocycles. The summed E-state index contributed by atoms with van der Waals surface area (Å²) in [5.41, 5.74) is 1.14. The van der Waals surface area contributed by atoms with Crippen molar-refractivity contribution in [2.24, 2.45) is 0 Å². The average molecular weight is 361 g/mol. The predicted molar refractivity (Wildman–Crippen MR) is 81.1 cm³/mol. The van der Waals surface area contributed by atoms with E-state index < -0.39 is 10.0 Å². The molecular weight excluding hydrogens is 348 g/mol.